The Morgan fingerprint density at radius 2 is 2.18 bits per heavy atom. The van der Waals surface area contributed by atoms with Gasteiger partial charge in [-0.3, -0.25) is 9.58 Å². The highest BCUT2D eigenvalue weighted by molar-refractivity contribution is 5.06. The Hall–Kier alpha value is -0.830. The van der Waals surface area contributed by atoms with Crippen LogP contribution in [0.3, 0.4) is 0 Å². The molecule has 1 aliphatic heterocycles. The van der Waals surface area contributed by atoms with Crippen LogP contribution in [0, 0.1) is 19.8 Å². The molecule has 0 aliphatic carbocycles. The van der Waals surface area contributed by atoms with Crippen LogP contribution in [0.5, 0.6) is 0 Å². The van der Waals surface area contributed by atoms with Crippen LogP contribution in [0.15, 0.2) is 6.07 Å². The molecule has 0 bridgehead atoms. The second-order valence-corrected chi connectivity index (χ2v) is 5.79. The molecule has 1 atom stereocenters. The number of hydrogen-bond acceptors (Lipinski definition) is 2. The second kappa shape index (κ2) is 5.21. The zero-order chi connectivity index (χ0) is 12.4. The van der Waals surface area contributed by atoms with Crippen molar-refractivity contribution in [2.75, 3.05) is 13.1 Å². The third-order valence-electron chi connectivity index (χ3n) is 3.59. The van der Waals surface area contributed by atoms with E-state index in [9.17, 15) is 0 Å². The van der Waals surface area contributed by atoms with Gasteiger partial charge in [-0.1, -0.05) is 13.8 Å². The molecule has 0 aromatic carbocycles. The molecule has 0 spiro atoms. The van der Waals surface area contributed by atoms with E-state index in [0.717, 1.165) is 18.2 Å². The van der Waals surface area contributed by atoms with Gasteiger partial charge in [0.1, 0.15) is 0 Å². The van der Waals surface area contributed by atoms with E-state index in [1.54, 1.807) is 0 Å². The van der Waals surface area contributed by atoms with Gasteiger partial charge in [0.05, 0.1) is 12.2 Å². The Morgan fingerprint density at radius 1 is 1.41 bits per heavy atom. The normalized spacial score (nSPS) is 21.6. The molecule has 3 heteroatoms. The SMILES string of the molecule is Cc1cc(C)n(C[C@H]2CCCN2CC(C)C)n1. The minimum absolute atomic E-state index is 0.690. The molecule has 0 unspecified atom stereocenters. The summed E-state index contributed by atoms with van der Waals surface area (Å²) in [6, 6.07) is 2.86. The van der Waals surface area contributed by atoms with Crippen molar-refractivity contribution in [3.63, 3.8) is 0 Å². The quantitative estimate of drug-likeness (QED) is 0.800. The van der Waals surface area contributed by atoms with Crippen molar-refractivity contribution < 1.29 is 0 Å². The molecule has 1 fully saturated rings. The highest BCUT2D eigenvalue weighted by Crippen LogP contribution is 2.20. The summed E-state index contributed by atoms with van der Waals surface area (Å²) in [4.78, 5) is 2.64. The fraction of sp³-hybridized carbons (Fsp3) is 0.786. The minimum Gasteiger partial charge on any atom is -0.298 e. The largest absolute Gasteiger partial charge is 0.298 e. The van der Waals surface area contributed by atoms with E-state index in [1.165, 1.54) is 31.6 Å². The van der Waals surface area contributed by atoms with Crippen molar-refractivity contribution in [3.05, 3.63) is 17.5 Å². The van der Waals surface area contributed by atoms with E-state index < -0.39 is 0 Å². The van der Waals surface area contributed by atoms with Gasteiger partial charge in [0, 0.05) is 18.3 Å². The third-order valence-corrected chi connectivity index (χ3v) is 3.59. The lowest BCUT2D eigenvalue weighted by atomic mass is 10.1. The van der Waals surface area contributed by atoms with Crippen LogP contribution in [0.1, 0.15) is 38.1 Å². The summed E-state index contributed by atoms with van der Waals surface area (Å²) in [6.07, 6.45) is 2.67. The average Bonchev–Trinajstić information content (AvgIpc) is 2.75. The Balaban J connectivity index is 2.00. The smallest absolute Gasteiger partial charge is 0.0596 e. The molecule has 2 heterocycles. The standard InChI is InChI=1S/C14H25N3/c1-11(2)9-16-7-5-6-14(16)10-17-13(4)8-12(3)15-17/h8,11,14H,5-7,9-10H2,1-4H3/t14-/m1/s1. The Bertz CT molecular complexity index is 368. The van der Waals surface area contributed by atoms with Gasteiger partial charge in [0.25, 0.3) is 0 Å². The maximum absolute atomic E-state index is 4.58. The molecule has 0 amide bonds. The lowest BCUT2D eigenvalue weighted by Gasteiger charge is -2.26. The number of aromatic nitrogens is 2. The van der Waals surface area contributed by atoms with Crippen LogP contribution < -0.4 is 0 Å². The molecule has 0 saturated carbocycles. The van der Waals surface area contributed by atoms with Crippen LogP contribution in [0.2, 0.25) is 0 Å². The summed E-state index contributed by atoms with van der Waals surface area (Å²) in [5.74, 6) is 0.760. The van der Waals surface area contributed by atoms with Gasteiger partial charge >= 0.3 is 0 Å². The van der Waals surface area contributed by atoms with Crippen LogP contribution >= 0.6 is 0 Å². The topological polar surface area (TPSA) is 21.1 Å². The molecular weight excluding hydrogens is 210 g/mol. The molecule has 0 radical (unpaired) electrons. The van der Waals surface area contributed by atoms with Gasteiger partial charge < -0.3 is 0 Å². The molecule has 3 nitrogen and oxygen atoms in total. The Morgan fingerprint density at radius 3 is 2.76 bits per heavy atom. The summed E-state index contributed by atoms with van der Waals surface area (Å²) in [6.45, 7) is 12.4. The third kappa shape index (κ3) is 3.09. The van der Waals surface area contributed by atoms with Crippen molar-refractivity contribution >= 4 is 0 Å². The van der Waals surface area contributed by atoms with Gasteiger partial charge in [-0.2, -0.15) is 5.10 Å². The minimum atomic E-state index is 0.690. The Labute approximate surface area is 105 Å². The van der Waals surface area contributed by atoms with Crippen LogP contribution in [-0.4, -0.2) is 33.8 Å². The van der Waals surface area contributed by atoms with Crippen LogP contribution in [-0.2, 0) is 6.54 Å². The molecule has 1 saturated heterocycles. The summed E-state index contributed by atoms with van der Waals surface area (Å²) in [7, 11) is 0. The molecular formula is C14H25N3. The first kappa shape index (κ1) is 12.6. The van der Waals surface area contributed by atoms with Crippen molar-refractivity contribution in [2.45, 2.75) is 53.1 Å². The molecule has 17 heavy (non-hydrogen) atoms. The monoisotopic (exact) mass is 235 g/mol. The van der Waals surface area contributed by atoms with E-state index in [1.807, 2.05) is 0 Å². The lowest BCUT2D eigenvalue weighted by Crippen LogP contribution is -2.36. The lowest BCUT2D eigenvalue weighted by molar-refractivity contribution is 0.203. The van der Waals surface area contributed by atoms with Crippen molar-refractivity contribution in [1.82, 2.24) is 14.7 Å². The van der Waals surface area contributed by atoms with E-state index in [0.29, 0.717) is 6.04 Å². The maximum atomic E-state index is 4.58. The predicted octanol–water partition coefficient (Wildman–Crippen LogP) is 2.62. The van der Waals surface area contributed by atoms with E-state index >= 15 is 0 Å². The number of nitrogens with zero attached hydrogens (tertiary/aromatic N) is 3. The fourth-order valence-electron chi connectivity index (χ4n) is 2.87. The molecule has 0 N–H and O–H groups in total. The first-order valence-corrected chi connectivity index (χ1v) is 6.81. The highest BCUT2D eigenvalue weighted by Gasteiger charge is 2.25. The first-order valence-electron chi connectivity index (χ1n) is 6.81. The second-order valence-electron chi connectivity index (χ2n) is 5.79. The molecule has 1 aromatic rings. The van der Waals surface area contributed by atoms with Crippen molar-refractivity contribution in [3.8, 4) is 0 Å². The average molecular weight is 235 g/mol. The van der Waals surface area contributed by atoms with E-state index in [2.05, 4.69) is 48.4 Å². The summed E-state index contributed by atoms with van der Waals surface area (Å²) >= 11 is 0. The van der Waals surface area contributed by atoms with Gasteiger partial charge in [-0.05, 0) is 45.2 Å². The molecule has 96 valence electrons. The number of likely N-dealkylation sites (tertiary alicyclic amines) is 1. The van der Waals surface area contributed by atoms with Crippen LogP contribution in [0.4, 0.5) is 0 Å². The van der Waals surface area contributed by atoms with Gasteiger partial charge in [0.2, 0.25) is 0 Å². The molecule has 2 rings (SSSR count). The van der Waals surface area contributed by atoms with E-state index in [-0.39, 0.29) is 0 Å². The Kier molecular flexibility index (Phi) is 3.87. The fourth-order valence-corrected chi connectivity index (χ4v) is 2.87. The van der Waals surface area contributed by atoms with Crippen LogP contribution in [0.25, 0.3) is 0 Å². The molecule has 1 aromatic heterocycles. The zero-order valence-corrected chi connectivity index (χ0v) is 11.6. The number of hydrogen-bond donors (Lipinski definition) is 0. The van der Waals surface area contributed by atoms with Gasteiger partial charge in [-0.25, -0.2) is 0 Å². The van der Waals surface area contributed by atoms with Crippen molar-refractivity contribution in [2.24, 2.45) is 5.92 Å². The van der Waals surface area contributed by atoms with Gasteiger partial charge in [-0.15, -0.1) is 0 Å². The maximum Gasteiger partial charge on any atom is 0.0596 e. The summed E-state index contributed by atoms with van der Waals surface area (Å²) in [5, 5.41) is 4.58. The zero-order valence-electron chi connectivity index (χ0n) is 11.6. The summed E-state index contributed by atoms with van der Waals surface area (Å²) in [5.41, 5.74) is 2.43. The predicted molar refractivity (Wildman–Crippen MR) is 71.1 cm³/mol. The highest BCUT2D eigenvalue weighted by atomic mass is 15.3. The first-order chi connectivity index (χ1) is 8.06. The van der Waals surface area contributed by atoms with Crippen molar-refractivity contribution in [1.29, 1.82) is 0 Å². The summed E-state index contributed by atoms with van der Waals surface area (Å²) < 4.78 is 2.18. The molecule has 1 aliphatic rings. The van der Waals surface area contributed by atoms with Gasteiger partial charge in [0.15, 0.2) is 0 Å². The number of rotatable bonds is 4. The number of aryl methyl sites for hydroxylation is 2. The van der Waals surface area contributed by atoms with E-state index in [4.69, 9.17) is 0 Å².